The SMILES string of the molecule is CC(O)c1cccc2[nH]c(COc3ccccc3)nc12. The number of fused-ring (bicyclic) bond motifs is 1. The lowest BCUT2D eigenvalue weighted by atomic mass is 10.1. The maximum Gasteiger partial charge on any atom is 0.146 e. The van der Waals surface area contributed by atoms with Gasteiger partial charge < -0.3 is 14.8 Å². The summed E-state index contributed by atoms with van der Waals surface area (Å²) in [6.45, 7) is 2.11. The van der Waals surface area contributed by atoms with E-state index in [-0.39, 0.29) is 0 Å². The quantitative estimate of drug-likeness (QED) is 0.764. The van der Waals surface area contributed by atoms with Crippen molar-refractivity contribution < 1.29 is 9.84 Å². The maximum atomic E-state index is 9.75. The van der Waals surface area contributed by atoms with Crippen LogP contribution in [0.15, 0.2) is 48.5 Å². The summed E-state index contributed by atoms with van der Waals surface area (Å²) < 4.78 is 5.67. The largest absolute Gasteiger partial charge is 0.486 e. The molecule has 102 valence electrons. The number of nitrogens with one attached hydrogen (secondary N) is 1. The molecule has 1 atom stereocenters. The van der Waals surface area contributed by atoms with Gasteiger partial charge in [0.05, 0.1) is 17.1 Å². The van der Waals surface area contributed by atoms with Crippen molar-refractivity contribution in [2.75, 3.05) is 0 Å². The lowest BCUT2D eigenvalue weighted by Gasteiger charge is -2.04. The Kier molecular flexibility index (Phi) is 3.39. The van der Waals surface area contributed by atoms with Gasteiger partial charge in [0.2, 0.25) is 0 Å². The summed E-state index contributed by atoms with van der Waals surface area (Å²) in [6.07, 6.45) is -0.537. The number of aromatic nitrogens is 2. The Balaban J connectivity index is 1.84. The van der Waals surface area contributed by atoms with Gasteiger partial charge in [-0.05, 0) is 25.1 Å². The number of aliphatic hydroxyl groups excluding tert-OH is 1. The second kappa shape index (κ2) is 5.35. The fourth-order valence-corrected chi connectivity index (χ4v) is 2.18. The summed E-state index contributed by atoms with van der Waals surface area (Å²) in [6, 6.07) is 15.4. The number of hydrogen-bond donors (Lipinski definition) is 2. The fourth-order valence-electron chi connectivity index (χ4n) is 2.18. The van der Waals surface area contributed by atoms with Crippen molar-refractivity contribution >= 4 is 11.0 Å². The van der Waals surface area contributed by atoms with Crippen molar-refractivity contribution in [1.82, 2.24) is 9.97 Å². The van der Waals surface area contributed by atoms with Crippen molar-refractivity contribution in [2.24, 2.45) is 0 Å². The number of benzene rings is 2. The molecule has 1 aromatic heterocycles. The Labute approximate surface area is 117 Å². The Morgan fingerprint density at radius 2 is 1.95 bits per heavy atom. The molecule has 0 saturated carbocycles. The Morgan fingerprint density at radius 3 is 2.70 bits per heavy atom. The van der Waals surface area contributed by atoms with Gasteiger partial charge in [0, 0.05) is 5.56 Å². The zero-order valence-corrected chi connectivity index (χ0v) is 11.2. The minimum Gasteiger partial charge on any atom is -0.486 e. The number of rotatable bonds is 4. The van der Waals surface area contributed by atoms with E-state index in [4.69, 9.17) is 4.74 Å². The first-order valence-electron chi connectivity index (χ1n) is 6.57. The molecule has 0 aliphatic carbocycles. The second-order valence-corrected chi connectivity index (χ2v) is 4.70. The van der Waals surface area contributed by atoms with Gasteiger partial charge >= 0.3 is 0 Å². The van der Waals surface area contributed by atoms with Crippen molar-refractivity contribution in [3.8, 4) is 5.75 Å². The molecule has 0 aliphatic heterocycles. The van der Waals surface area contributed by atoms with E-state index in [1.807, 2.05) is 48.5 Å². The molecule has 0 bridgehead atoms. The third-order valence-corrected chi connectivity index (χ3v) is 3.16. The standard InChI is InChI=1S/C16H16N2O2/c1-11(19)13-8-5-9-14-16(13)18-15(17-14)10-20-12-6-3-2-4-7-12/h2-9,11,19H,10H2,1H3,(H,17,18). The summed E-state index contributed by atoms with van der Waals surface area (Å²) >= 11 is 0. The Morgan fingerprint density at radius 1 is 1.15 bits per heavy atom. The first-order chi connectivity index (χ1) is 9.74. The van der Waals surface area contributed by atoms with E-state index in [9.17, 15) is 5.11 Å². The molecule has 1 heterocycles. The van der Waals surface area contributed by atoms with Gasteiger partial charge in [-0.1, -0.05) is 30.3 Å². The molecule has 0 spiro atoms. The van der Waals surface area contributed by atoms with Crippen LogP contribution in [0.1, 0.15) is 24.4 Å². The van der Waals surface area contributed by atoms with Crippen LogP contribution in [0.5, 0.6) is 5.75 Å². The first-order valence-corrected chi connectivity index (χ1v) is 6.57. The monoisotopic (exact) mass is 268 g/mol. The van der Waals surface area contributed by atoms with E-state index in [2.05, 4.69) is 9.97 Å². The average molecular weight is 268 g/mol. The molecule has 1 unspecified atom stereocenters. The Bertz CT molecular complexity index is 705. The molecule has 2 N–H and O–H groups in total. The number of imidazole rings is 1. The van der Waals surface area contributed by atoms with Gasteiger partial charge in [0.15, 0.2) is 0 Å². The van der Waals surface area contributed by atoms with Crippen molar-refractivity contribution in [3.05, 3.63) is 59.9 Å². The fraction of sp³-hybridized carbons (Fsp3) is 0.188. The zero-order chi connectivity index (χ0) is 13.9. The van der Waals surface area contributed by atoms with Crippen LogP contribution >= 0.6 is 0 Å². The highest BCUT2D eigenvalue weighted by atomic mass is 16.5. The molecule has 20 heavy (non-hydrogen) atoms. The number of aromatic amines is 1. The summed E-state index contributed by atoms with van der Waals surface area (Å²) in [7, 11) is 0. The minimum absolute atomic E-state index is 0.373. The lowest BCUT2D eigenvalue weighted by molar-refractivity contribution is 0.200. The molecule has 4 heteroatoms. The summed E-state index contributed by atoms with van der Waals surface area (Å²) in [4.78, 5) is 7.72. The molecule has 3 aromatic rings. The van der Waals surface area contributed by atoms with E-state index in [0.29, 0.717) is 6.61 Å². The second-order valence-electron chi connectivity index (χ2n) is 4.70. The van der Waals surface area contributed by atoms with E-state index in [1.165, 1.54) is 0 Å². The van der Waals surface area contributed by atoms with Crippen LogP contribution in [0.2, 0.25) is 0 Å². The number of nitrogens with zero attached hydrogens (tertiary/aromatic N) is 1. The van der Waals surface area contributed by atoms with Gasteiger partial charge in [-0.25, -0.2) is 4.98 Å². The molecule has 4 nitrogen and oxygen atoms in total. The molecule has 3 rings (SSSR count). The molecule has 0 fully saturated rings. The van der Waals surface area contributed by atoms with E-state index >= 15 is 0 Å². The highest BCUT2D eigenvalue weighted by Gasteiger charge is 2.10. The van der Waals surface area contributed by atoms with Crippen LogP contribution in [-0.2, 0) is 6.61 Å². The molecular weight excluding hydrogens is 252 g/mol. The highest BCUT2D eigenvalue weighted by Crippen LogP contribution is 2.22. The summed E-state index contributed by atoms with van der Waals surface area (Å²) in [5, 5.41) is 9.75. The lowest BCUT2D eigenvalue weighted by Crippen LogP contribution is -1.97. The van der Waals surface area contributed by atoms with Crippen LogP contribution in [0, 0.1) is 0 Å². The predicted octanol–water partition coefficient (Wildman–Crippen LogP) is 3.20. The number of hydrogen-bond acceptors (Lipinski definition) is 3. The number of H-pyrrole nitrogens is 1. The van der Waals surface area contributed by atoms with Crippen molar-refractivity contribution in [1.29, 1.82) is 0 Å². The molecule has 0 radical (unpaired) electrons. The number of ether oxygens (including phenoxy) is 1. The Hall–Kier alpha value is -2.33. The van der Waals surface area contributed by atoms with Crippen LogP contribution in [-0.4, -0.2) is 15.1 Å². The van der Waals surface area contributed by atoms with Crippen LogP contribution in [0.25, 0.3) is 11.0 Å². The third kappa shape index (κ3) is 2.51. The summed E-state index contributed by atoms with van der Waals surface area (Å²) in [5.74, 6) is 1.56. The van der Waals surface area contributed by atoms with Crippen molar-refractivity contribution in [3.63, 3.8) is 0 Å². The van der Waals surface area contributed by atoms with Crippen LogP contribution < -0.4 is 4.74 Å². The molecule has 0 aliphatic rings. The number of aliphatic hydroxyl groups is 1. The third-order valence-electron chi connectivity index (χ3n) is 3.16. The summed E-state index contributed by atoms with van der Waals surface area (Å²) in [5.41, 5.74) is 2.54. The number of para-hydroxylation sites is 2. The average Bonchev–Trinajstić information content (AvgIpc) is 2.88. The van der Waals surface area contributed by atoms with Crippen molar-refractivity contribution in [2.45, 2.75) is 19.6 Å². The normalized spacial score (nSPS) is 12.5. The van der Waals surface area contributed by atoms with Gasteiger partial charge in [-0.15, -0.1) is 0 Å². The van der Waals surface area contributed by atoms with E-state index < -0.39 is 6.10 Å². The molecular formula is C16H16N2O2. The molecule has 0 amide bonds. The van der Waals surface area contributed by atoms with Gasteiger partial charge in [0.1, 0.15) is 18.2 Å². The smallest absolute Gasteiger partial charge is 0.146 e. The van der Waals surface area contributed by atoms with Crippen LogP contribution in [0.4, 0.5) is 0 Å². The maximum absolute atomic E-state index is 9.75. The topological polar surface area (TPSA) is 58.1 Å². The zero-order valence-electron chi connectivity index (χ0n) is 11.2. The highest BCUT2D eigenvalue weighted by molar-refractivity contribution is 5.79. The predicted molar refractivity (Wildman–Crippen MR) is 77.5 cm³/mol. The van der Waals surface area contributed by atoms with Gasteiger partial charge in [0.25, 0.3) is 0 Å². The van der Waals surface area contributed by atoms with E-state index in [0.717, 1.165) is 28.2 Å². The minimum atomic E-state index is -0.537. The van der Waals surface area contributed by atoms with E-state index in [1.54, 1.807) is 6.92 Å². The first kappa shape index (κ1) is 12.7. The van der Waals surface area contributed by atoms with Crippen LogP contribution in [0.3, 0.4) is 0 Å². The molecule has 0 saturated heterocycles. The van der Waals surface area contributed by atoms with Gasteiger partial charge in [-0.3, -0.25) is 0 Å². The molecule has 2 aromatic carbocycles. The van der Waals surface area contributed by atoms with Gasteiger partial charge in [-0.2, -0.15) is 0 Å².